The van der Waals surface area contributed by atoms with Crippen molar-refractivity contribution in [1.82, 2.24) is 27.2 Å². The smallest absolute Gasteiger partial charge is 0.0622 e. The number of carbonyl (C=O) groups excluding carboxylic acids is 1. The summed E-state index contributed by atoms with van der Waals surface area (Å²) >= 11 is 0.473. The van der Waals surface area contributed by atoms with E-state index < -0.39 is 35.0 Å². The molecule has 54 heavy (non-hydrogen) atoms. The van der Waals surface area contributed by atoms with Gasteiger partial charge in [-0.2, -0.15) is 0 Å². The molecule has 2 aliphatic heterocycles. The van der Waals surface area contributed by atoms with Crippen LogP contribution in [0.1, 0.15) is 41.8 Å². The number of benzene rings is 4. The summed E-state index contributed by atoms with van der Waals surface area (Å²) < 4.78 is 17.6. The third-order valence-corrected chi connectivity index (χ3v) is 11.9. The summed E-state index contributed by atoms with van der Waals surface area (Å²) in [5.74, 6) is -0.914. The standard InChI is InChI=1S/C41H40N7O5.Tl/c1-41(2)52-38-36(23-28-11-5-3-6-12-28)46(25-30-15-9-16-32(21-30)48(50)51)40(49)47(37(39(38)53-41)24-29-13-7-4-8-14-29)26-31-17-18-34-33(22-31)35(44-43-34)27-45-20-10-19-42-45;/h3-22,36-39H,23-27H2,1-2H3;/q-1;+1/t36-,37-,38+,39+;/m1./s1. The molecule has 272 valence electrons. The van der Waals surface area contributed by atoms with Gasteiger partial charge in [-0.05, 0) is 0 Å². The predicted octanol–water partition coefficient (Wildman–Crippen LogP) is 6.30. The van der Waals surface area contributed by atoms with E-state index in [1.807, 2.05) is 85.5 Å². The van der Waals surface area contributed by atoms with Crippen LogP contribution >= 0.6 is 0 Å². The summed E-state index contributed by atoms with van der Waals surface area (Å²) in [4.78, 5) is 30.7. The summed E-state index contributed by atoms with van der Waals surface area (Å²) in [5.41, 5.74) is 5.71. The number of nitrogens with zero attached hydrogens (tertiary/aromatic N) is 7. The van der Waals surface area contributed by atoms with Gasteiger partial charge in [-0.15, -0.1) is 0 Å². The van der Waals surface area contributed by atoms with E-state index in [0.29, 0.717) is 57.6 Å². The Morgan fingerprint density at radius 1 is 0.759 bits per heavy atom. The molecule has 0 spiro atoms. The van der Waals surface area contributed by atoms with E-state index in [2.05, 4.69) is 47.6 Å². The van der Waals surface area contributed by atoms with Crippen LogP contribution in [0.25, 0.3) is 10.9 Å². The molecule has 2 amide bonds. The fourth-order valence-electron chi connectivity index (χ4n) is 7.93. The number of rotatable bonds is 11. The number of non-ortho nitro benzene ring substituents is 1. The Morgan fingerprint density at radius 3 is 1.93 bits per heavy atom. The Morgan fingerprint density at radius 2 is 1.35 bits per heavy atom. The molecule has 2 fully saturated rings. The normalized spacial score (nSPS) is 20.9. The predicted molar refractivity (Wildman–Crippen MR) is 203 cm³/mol. The molecule has 0 N–H and O–H groups in total. The van der Waals surface area contributed by atoms with E-state index in [0.717, 1.165) is 33.3 Å². The number of nitro benzene ring substituents is 1. The van der Waals surface area contributed by atoms with Crippen LogP contribution in [0.15, 0.2) is 122 Å². The summed E-state index contributed by atoms with van der Waals surface area (Å²) in [6.07, 6.45) is 3.78. The Balaban J connectivity index is 1.25. The van der Waals surface area contributed by atoms with Crippen LogP contribution < -0.4 is 0 Å². The zero-order valence-corrected chi connectivity index (χ0v) is 34.6. The molecule has 0 saturated carbocycles. The van der Waals surface area contributed by atoms with E-state index in [-0.39, 0.29) is 18.3 Å². The molecule has 12 nitrogen and oxygen atoms in total. The van der Waals surface area contributed by atoms with Gasteiger partial charge in [-0.25, -0.2) is 0 Å². The van der Waals surface area contributed by atoms with E-state index in [1.54, 1.807) is 18.3 Å². The molecule has 8 rings (SSSR count). The van der Waals surface area contributed by atoms with Gasteiger partial charge in [0.05, 0.1) is 4.92 Å². The molecule has 0 unspecified atom stereocenters. The molecular formula is C41H40N7O5Tl. The molecule has 0 bridgehead atoms. The van der Waals surface area contributed by atoms with Crippen molar-refractivity contribution in [3.05, 3.63) is 160 Å². The first-order valence-corrected chi connectivity index (χ1v) is 20.1. The van der Waals surface area contributed by atoms with Gasteiger partial charge in [0.15, 0.2) is 0 Å². The van der Waals surface area contributed by atoms with Crippen LogP contribution in [0.5, 0.6) is 0 Å². The molecule has 0 aliphatic carbocycles. The number of fused-ring (bicyclic) bond motifs is 2. The molecular weight excluding hydrogens is 875 g/mol. The minimum absolute atomic E-state index is 0.0213. The van der Waals surface area contributed by atoms with Crippen LogP contribution in [-0.2, 0) is 41.9 Å². The Kier molecular flexibility index (Phi) is 10.1. The van der Waals surface area contributed by atoms with Crippen molar-refractivity contribution in [2.45, 2.75) is 76.4 Å². The molecule has 2 saturated heterocycles. The Hall–Kier alpha value is -4.93. The quantitative estimate of drug-likeness (QED) is 0.0851. The second kappa shape index (κ2) is 15.1. The number of ether oxygens (including phenoxy) is 2. The van der Waals surface area contributed by atoms with Crippen molar-refractivity contribution in [2.75, 3.05) is 0 Å². The topological polar surface area (TPSA) is 121 Å². The number of hydrogen-bond donors (Lipinski definition) is 0. The molecule has 4 atom stereocenters. The average molecular weight is 915 g/mol. The summed E-state index contributed by atoms with van der Waals surface area (Å²) in [6, 6.07) is 34.0. The Labute approximate surface area is 329 Å². The van der Waals surface area contributed by atoms with E-state index >= 15 is 4.79 Å². The van der Waals surface area contributed by atoms with E-state index in [4.69, 9.17) is 14.6 Å². The number of carbonyl (C=O) groups is 1. The summed E-state index contributed by atoms with van der Waals surface area (Å²) in [7, 11) is 0. The van der Waals surface area contributed by atoms with Crippen LogP contribution in [0.3, 0.4) is 0 Å². The summed E-state index contributed by atoms with van der Waals surface area (Å²) in [5, 5.41) is 22.2. The molecule has 0 radical (unpaired) electrons. The second-order valence-corrected chi connectivity index (χ2v) is 16.4. The van der Waals surface area contributed by atoms with Crippen LogP contribution in [0.2, 0.25) is 0 Å². The van der Waals surface area contributed by atoms with Gasteiger partial charge in [0.2, 0.25) is 0 Å². The molecule has 13 heteroatoms. The third kappa shape index (κ3) is 7.55. The first-order valence-electron chi connectivity index (χ1n) is 18.1. The van der Waals surface area contributed by atoms with Crippen LogP contribution in [0, 0.1) is 10.1 Å². The first-order chi connectivity index (χ1) is 26.1. The van der Waals surface area contributed by atoms with Gasteiger partial charge in [-0.1, -0.05) is 42.5 Å². The van der Waals surface area contributed by atoms with Gasteiger partial charge < -0.3 is 0 Å². The Bertz CT molecular complexity index is 2260. The number of nitro groups is 1. The van der Waals surface area contributed by atoms with Gasteiger partial charge in [0.1, 0.15) is 0 Å². The van der Waals surface area contributed by atoms with E-state index in [1.165, 1.54) is 6.07 Å². The molecule has 2 aromatic heterocycles. The van der Waals surface area contributed by atoms with Gasteiger partial charge in [0, 0.05) is 6.07 Å². The minimum Gasteiger partial charge on any atom is -0.0622 e. The molecule has 4 aromatic carbocycles. The number of urea groups is 1. The van der Waals surface area contributed by atoms with E-state index in [9.17, 15) is 10.1 Å². The molecule has 2 aliphatic rings. The van der Waals surface area contributed by atoms with Crippen molar-refractivity contribution < 1.29 is 19.2 Å². The number of amides is 2. The number of aromatic nitrogens is 4. The van der Waals surface area contributed by atoms with Gasteiger partial charge in [-0.3, -0.25) is 10.1 Å². The first kappa shape index (κ1) is 36.1. The van der Waals surface area contributed by atoms with Crippen LogP contribution in [0.4, 0.5) is 10.5 Å². The van der Waals surface area contributed by atoms with Gasteiger partial charge >= 0.3 is 262 Å². The van der Waals surface area contributed by atoms with Crippen molar-refractivity contribution in [3.8, 4) is 0 Å². The number of hydrogen-bond acceptors (Lipinski definition) is 7. The zero-order valence-electron chi connectivity index (χ0n) is 30.1. The molecule has 4 heterocycles. The fraction of sp³-hybridized carbons (Fsp3) is 0.293. The van der Waals surface area contributed by atoms with Crippen molar-refractivity contribution in [1.29, 1.82) is 0 Å². The van der Waals surface area contributed by atoms with Crippen LogP contribution in [-0.4, -0.2) is 94.3 Å². The average Bonchev–Trinajstić information content (AvgIpc) is 3.88. The SMILES string of the molecule is CC1(C)O[C@@H]2[C@@H](O1)[C@@H](Cc1ccccc1)N(Cc1ccc3c(c1)c(Cn1cccn1)n[n]3[Tl])C(=O)N(Cc1cccc([N+](=O)[O-])c1)[C@@H]2Cc1ccccc1. The molecule has 6 aromatic rings. The minimum atomic E-state index is -0.914. The second-order valence-electron chi connectivity index (χ2n) is 14.5. The van der Waals surface area contributed by atoms with Crippen molar-refractivity contribution in [2.24, 2.45) is 0 Å². The monoisotopic (exact) mass is 915 g/mol. The maximum atomic E-state index is 15.5. The summed E-state index contributed by atoms with van der Waals surface area (Å²) in [6.45, 7) is 4.85. The zero-order chi connectivity index (χ0) is 37.4. The third-order valence-electron chi connectivity index (χ3n) is 10.3. The van der Waals surface area contributed by atoms with Gasteiger partial charge in [0.25, 0.3) is 5.69 Å². The van der Waals surface area contributed by atoms with Crippen molar-refractivity contribution in [3.63, 3.8) is 0 Å². The fourth-order valence-corrected chi connectivity index (χ4v) is 9.34. The van der Waals surface area contributed by atoms with Crippen molar-refractivity contribution >= 4 is 48.7 Å². The maximum absolute atomic E-state index is 15.5.